The summed E-state index contributed by atoms with van der Waals surface area (Å²) >= 11 is 0. The first-order valence-corrected chi connectivity index (χ1v) is 8.81. The molecule has 1 saturated carbocycles. The second-order valence-electron chi connectivity index (χ2n) is 6.50. The van der Waals surface area contributed by atoms with E-state index in [1.54, 1.807) is 0 Å². The number of fused-ring (bicyclic) bond motifs is 2. The molecule has 4 nitrogen and oxygen atoms in total. The van der Waals surface area contributed by atoms with Gasteiger partial charge in [0.15, 0.2) is 0 Å². The van der Waals surface area contributed by atoms with Crippen LogP contribution in [0.15, 0.2) is 42.5 Å². The first-order chi connectivity index (χ1) is 11.8. The molecule has 4 heteroatoms. The Kier molecular flexibility index (Phi) is 4.25. The summed E-state index contributed by atoms with van der Waals surface area (Å²) in [5.74, 6) is 0.113. The Labute approximate surface area is 142 Å². The van der Waals surface area contributed by atoms with Crippen LogP contribution in [0.2, 0.25) is 0 Å². The maximum absolute atomic E-state index is 13.3. The lowest BCUT2D eigenvalue weighted by Crippen LogP contribution is -2.53. The van der Waals surface area contributed by atoms with Gasteiger partial charge in [-0.05, 0) is 36.6 Å². The van der Waals surface area contributed by atoms with Gasteiger partial charge in [0.05, 0.1) is 18.8 Å². The quantitative estimate of drug-likeness (QED) is 0.869. The molecule has 2 aliphatic rings. The minimum Gasteiger partial charge on any atom is -0.376 e. The molecule has 1 aliphatic heterocycles. The van der Waals surface area contributed by atoms with Gasteiger partial charge in [-0.25, -0.2) is 0 Å². The first-order valence-electron chi connectivity index (χ1n) is 8.81. The molecule has 4 rings (SSSR count). The van der Waals surface area contributed by atoms with Crippen LogP contribution in [0.1, 0.15) is 30.1 Å². The molecule has 0 bridgehead atoms. The molecule has 3 atom stereocenters. The Morgan fingerprint density at radius 3 is 2.92 bits per heavy atom. The summed E-state index contributed by atoms with van der Waals surface area (Å²) in [7, 11) is 0. The van der Waals surface area contributed by atoms with Crippen molar-refractivity contribution in [1.29, 1.82) is 0 Å². The summed E-state index contributed by atoms with van der Waals surface area (Å²) < 4.78 is 11.8. The number of nitrogens with zero attached hydrogens (tertiary/aromatic N) is 1. The molecule has 0 aromatic heterocycles. The van der Waals surface area contributed by atoms with Gasteiger partial charge in [-0.2, -0.15) is 0 Å². The van der Waals surface area contributed by atoms with Crippen molar-refractivity contribution in [3.8, 4) is 0 Å². The third kappa shape index (κ3) is 2.60. The summed E-state index contributed by atoms with van der Waals surface area (Å²) in [6.45, 7) is 3.94. The van der Waals surface area contributed by atoms with Crippen LogP contribution in [0.25, 0.3) is 10.8 Å². The van der Waals surface area contributed by atoms with Crippen LogP contribution >= 0.6 is 0 Å². The highest BCUT2D eigenvalue weighted by atomic mass is 16.5. The van der Waals surface area contributed by atoms with Gasteiger partial charge in [-0.3, -0.25) is 4.79 Å². The van der Waals surface area contributed by atoms with Crippen molar-refractivity contribution >= 4 is 16.7 Å². The van der Waals surface area contributed by atoms with Crippen LogP contribution in [-0.4, -0.2) is 48.8 Å². The summed E-state index contributed by atoms with van der Waals surface area (Å²) in [5, 5.41) is 2.12. The highest BCUT2D eigenvalue weighted by Crippen LogP contribution is 2.33. The van der Waals surface area contributed by atoms with Gasteiger partial charge in [0.2, 0.25) is 0 Å². The molecule has 0 unspecified atom stereocenters. The monoisotopic (exact) mass is 325 g/mol. The van der Waals surface area contributed by atoms with E-state index in [0.29, 0.717) is 19.8 Å². The molecule has 2 fully saturated rings. The Balaban J connectivity index is 1.64. The number of benzene rings is 2. The number of rotatable bonds is 3. The van der Waals surface area contributed by atoms with E-state index < -0.39 is 0 Å². The third-order valence-electron chi connectivity index (χ3n) is 5.20. The maximum atomic E-state index is 13.3. The zero-order valence-corrected chi connectivity index (χ0v) is 14.0. The molecular formula is C20H23NO3. The molecule has 1 saturated heterocycles. The lowest BCUT2D eigenvalue weighted by atomic mass is 10.0. The SMILES string of the molecule is CCO[C@@H]1CC[C@@H]2[C@@H]1OCCN2C(=O)c1cccc2ccccc12. The van der Waals surface area contributed by atoms with Crippen LogP contribution < -0.4 is 0 Å². The van der Waals surface area contributed by atoms with Gasteiger partial charge in [-0.15, -0.1) is 0 Å². The summed E-state index contributed by atoms with van der Waals surface area (Å²) in [5.41, 5.74) is 0.786. The van der Waals surface area contributed by atoms with E-state index >= 15 is 0 Å². The van der Waals surface area contributed by atoms with Gasteiger partial charge >= 0.3 is 0 Å². The maximum Gasteiger partial charge on any atom is 0.254 e. The molecule has 0 radical (unpaired) electrons. The van der Waals surface area contributed by atoms with E-state index in [-0.39, 0.29) is 24.2 Å². The zero-order valence-electron chi connectivity index (χ0n) is 14.0. The molecule has 1 aliphatic carbocycles. The largest absolute Gasteiger partial charge is 0.376 e. The van der Waals surface area contributed by atoms with Crippen LogP contribution in [0.5, 0.6) is 0 Å². The fourth-order valence-electron chi connectivity index (χ4n) is 4.13. The van der Waals surface area contributed by atoms with Crippen molar-refractivity contribution in [3.63, 3.8) is 0 Å². The third-order valence-corrected chi connectivity index (χ3v) is 5.20. The minimum atomic E-state index is 0.0117. The Bertz CT molecular complexity index is 739. The van der Waals surface area contributed by atoms with Crippen molar-refractivity contribution in [3.05, 3.63) is 48.0 Å². The Hall–Kier alpha value is -1.91. The number of hydrogen-bond donors (Lipinski definition) is 0. The predicted molar refractivity (Wildman–Crippen MR) is 93.2 cm³/mol. The van der Waals surface area contributed by atoms with Crippen molar-refractivity contribution in [2.24, 2.45) is 0 Å². The molecule has 0 N–H and O–H groups in total. The van der Waals surface area contributed by atoms with E-state index in [9.17, 15) is 4.79 Å². The highest BCUT2D eigenvalue weighted by molar-refractivity contribution is 6.07. The molecule has 2 aromatic rings. The van der Waals surface area contributed by atoms with Gasteiger partial charge < -0.3 is 14.4 Å². The number of hydrogen-bond acceptors (Lipinski definition) is 3. The molecule has 126 valence electrons. The smallest absolute Gasteiger partial charge is 0.254 e. The lowest BCUT2D eigenvalue weighted by Gasteiger charge is -2.39. The second kappa shape index (κ2) is 6.54. The van der Waals surface area contributed by atoms with Crippen molar-refractivity contribution < 1.29 is 14.3 Å². The molecule has 0 spiro atoms. The molecule has 1 amide bonds. The zero-order chi connectivity index (χ0) is 16.5. The van der Waals surface area contributed by atoms with Gasteiger partial charge in [0.1, 0.15) is 6.10 Å². The van der Waals surface area contributed by atoms with Crippen LogP contribution in [0, 0.1) is 0 Å². The van der Waals surface area contributed by atoms with Crippen LogP contribution in [0.4, 0.5) is 0 Å². The van der Waals surface area contributed by atoms with Crippen molar-refractivity contribution in [1.82, 2.24) is 4.90 Å². The minimum absolute atomic E-state index is 0.0117. The molecular weight excluding hydrogens is 302 g/mol. The standard InChI is InChI=1S/C20H23NO3/c1-2-23-18-11-10-17-19(18)24-13-12-21(17)20(22)16-9-5-7-14-6-3-4-8-15(14)16/h3-9,17-19H,2,10-13H2,1H3/t17-,18-,19+/m1/s1. The number of ether oxygens (including phenoxy) is 2. The highest BCUT2D eigenvalue weighted by Gasteiger charge is 2.45. The predicted octanol–water partition coefficient (Wildman–Crippen LogP) is 3.25. The van der Waals surface area contributed by atoms with E-state index in [0.717, 1.165) is 29.2 Å². The lowest BCUT2D eigenvalue weighted by molar-refractivity contribution is -0.102. The molecule has 1 heterocycles. The Morgan fingerprint density at radius 1 is 1.21 bits per heavy atom. The summed E-state index contributed by atoms with van der Waals surface area (Å²) in [6.07, 6.45) is 2.04. The Morgan fingerprint density at radius 2 is 2.04 bits per heavy atom. The first kappa shape index (κ1) is 15.6. The topological polar surface area (TPSA) is 38.8 Å². The van der Waals surface area contributed by atoms with Crippen LogP contribution in [-0.2, 0) is 9.47 Å². The average molecular weight is 325 g/mol. The van der Waals surface area contributed by atoms with E-state index in [1.165, 1.54) is 0 Å². The van der Waals surface area contributed by atoms with Crippen molar-refractivity contribution in [2.45, 2.75) is 38.0 Å². The average Bonchev–Trinajstić information content (AvgIpc) is 3.04. The summed E-state index contributed by atoms with van der Waals surface area (Å²) in [4.78, 5) is 15.3. The number of carbonyl (C=O) groups is 1. The normalized spacial score (nSPS) is 26.5. The molecule has 2 aromatic carbocycles. The number of carbonyl (C=O) groups excluding carboxylic acids is 1. The molecule has 24 heavy (non-hydrogen) atoms. The fraction of sp³-hybridized carbons (Fsp3) is 0.450. The van der Waals surface area contributed by atoms with Gasteiger partial charge in [0.25, 0.3) is 5.91 Å². The van der Waals surface area contributed by atoms with Gasteiger partial charge in [0, 0.05) is 18.7 Å². The number of amides is 1. The van der Waals surface area contributed by atoms with Crippen LogP contribution in [0.3, 0.4) is 0 Å². The second-order valence-corrected chi connectivity index (χ2v) is 6.50. The van der Waals surface area contributed by atoms with Gasteiger partial charge in [-0.1, -0.05) is 36.4 Å². The summed E-state index contributed by atoms with van der Waals surface area (Å²) in [6, 6.07) is 14.1. The van der Waals surface area contributed by atoms with E-state index in [2.05, 4.69) is 12.1 Å². The van der Waals surface area contributed by atoms with Crippen molar-refractivity contribution in [2.75, 3.05) is 19.8 Å². The van der Waals surface area contributed by atoms with E-state index in [4.69, 9.17) is 9.47 Å². The number of morpholine rings is 1. The van der Waals surface area contributed by atoms with E-state index in [1.807, 2.05) is 42.2 Å². The fourth-order valence-corrected chi connectivity index (χ4v) is 4.13.